The summed E-state index contributed by atoms with van der Waals surface area (Å²) < 4.78 is 10.2. The molecule has 0 unspecified atom stereocenters. The number of ether oxygens (including phenoxy) is 2. The van der Waals surface area contributed by atoms with Gasteiger partial charge in [0.15, 0.2) is 12.4 Å². The molecule has 1 saturated heterocycles. The van der Waals surface area contributed by atoms with Crippen LogP contribution in [0.2, 0.25) is 0 Å². The van der Waals surface area contributed by atoms with Gasteiger partial charge in [-0.1, -0.05) is 25.1 Å². The van der Waals surface area contributed by atoms with Gasteiger partial charge in [0, 0.05) is 24.2 Å². The van der Waals surface area contributed by atoms with Gasteiger partial charge in [-0.3, -0.25) is 14.4 Å². The molecule has 0 N–H and O–H groups in total. The van der Waals surface area contributed by atoms with Crippen LogP contribution in [0, 0.1) is 5.92 Å². The van der Waals surface area contributed by atoms with E-state index in [1.165, 1.54) is 0 Å². The predicted octanol–water partition coefficient (Wildman–Crippen LogP) is 3.04. The van der Waals surface area contributed by atoms with Crippen LogP contribution in [0.25, 0.3) is 0 Å². The van der Waals surface area contributed by atoms with E-state index in [1.807, 2.05) is 31.2 Å². The molecular weight excluding hydrogens is 358 g/mol. The molecule has 0 radical (unpaired) electrons. The van der Waals surface area contributed by atoms with Crippen molar-refractivity contribution in [1.29, 1.82) is 0 Å². The number of hydrogen-bond donors (Lipinski definition) is 0. The molecule has 1 heterocycles. The van der Waals surface area contributed by atoms with Gasteiger partial charge in [-0.05, 0) is 42.3 Å². The second-order valence-electron chi connectivity index (χ2n) is 6.65. The highest BCUT2D eigenvalue weighted by molar-refractivity contribution is 6.01. The minimum Gasteiger partial charge on any atom is -0.497 e. The molecule has 0 spiro atoms. The summed E-state index contributed by atoms with van der Waals surface area (Å²) in [5, 5.41) is 0. The number of anilines is 1. The van der Waals surface area contributed by atoms with E-state index in [2.05, 4.69) is 0 Å². The third kappa shape index (κ3) is 4.22. The second-order valence-corrected chi connectivity index (χ2v) is 6.65. The van der Waals surface area contributed by atoms with E-state index in [1.54, 1.807) is 36.3 Å². The van der Waals surface area contributed by atoms with Crippen molar-refractivity contribution in [3.05, 3.63) is 59.7 Å². The highest BCUT2D eigenvalue weighted by Crippen LogP contribution is 2.29. The zero-order valence-corrected chi connectivity index (χ0v) is 16.0. The van der Waals surface area contributed by atoms with Gasteiger partial charge in [-0.15, -0.1) is 0 Å². The summed E-state index contributed by atoms with van der Waals surface area (Å²) >= 11 is 0. The van der Waals surface area contributed by atoms with Crippen molar-refractivity contribution in [3.63, 3.8) is 0 Å². The number of aryl methyl sites for hydroxylation is 1. The Morgan fingerprint density at radius 2 is 1.82 bits per heavy atom. The van der Waals surface area contributed by atoms with Gasteiger partial charge in [0.25, 0.3) is 0 Å². The molecule has 1 aliphatic heterocycles. The number of rotatable bonds is 7. The topological polar surface area (TPSA) is 72.9 Å². The van der Waals surface area contributed by atoms with Crippen LogP contribution >= 0.6 is 0 Å². The van der Waals surface area contributed by atoms with Crippen LogP contribution in [0.5, 0.6) is 5.75 Å². The molecule has 2 aromatic carbocycles. The minimum atomic E-state index is -0.568. The van der Waals surface area contributed by atoms with Crippen molar-refractivity contribution < 1.29 is 23.9 Å². The number of carbonyl (C=O) groups is 3. The summed E-state index contributed by atoms with van der Waals surface area (Å²) in [7, 11) is 1.55. The van der Waals surface area contributed by atoms with Crippen LogP contribution in [0.3, 0.4) is 0 Å². The van der Waals surface area contributed by atoms with Gasteiger partial charge in [-0.2, -0.15) is 0 Å². The van der Waals surface area contributed by atoms with E-state index in [0.717, 1.165) is 17.7 Å². The normalized spacial score (nSPS) is 16.1. The Morgan fingerprint density at radius 3 is 2.50 bits per heavy atom. The highest BCUT2D eigenvalue weighted by atomic mass is 16.5. The third-order valence-electron chi connectivity index (χ3n) is 4.88. The van der Waals surface area contributed by atoms with Gasteiger partial charge in [0.1, 0.15) is 5.75 Å². The maximum absolute atomic E-state index is 12.4. The first-order valence-corrected chi connectivity index (χ1v) is 9.25. The first-order valence-electron chi connectivity index (χ1n) is 9.25. The number of ketones is 1. The van der Waals surface area contributed by atoms with Gasteiger partial charge < -0.3 is 14.4 Å². The van der Waals surface area contributed by atoms with E-state index in [9.17, 15) is 14.4 Å². The molecule has 6 nitrogen and oxygen atoms in total. The highest BCUT2D eigenvalue weighted by Gasteiger charge is 2.37. The second kappa shape index (κ2) is 8.69. The lowest BCUT2D eigenvalue weighted by Gasteiger charge is -2.19. The minimum absolute atomic E-state index is 0.0909. The van der Waals surface area contributed by atoms with Gasteiger partial charge in [0.05, 0.1) is 13.0 Å². The predicted molar refractivity (Wildman–Crippen MR) is 105 cm³/mol. The zero-order valence-electron chi connectivity index (χ0n) is 16.0. The quantitative estimate of drug-likeness (QED) is 0.544. The van der Waals surface area contributed by atoms with Crippen LogP contribution in [0.15, 0.2) is 48.5 Å². The Balaban J connectivity index is 1.59. The van der Waals surface area contributed by atoms with Crippen LogP contribution in [-0.4, -0.2) is 37.9 Å². The Morgan fingerprint density at radius 1 is 1.11 bits per heavy atom. The molecule has 1 amide bonds. The number of nitrogens with zero attached hydrogens (tertiary/aromatic N) is 1. The summed E-state index contributed by atoms with van der Waals surface area (Å²) in [4.78, 5) is 38.6. The maximum atomic E-state index is 12.4. The van der Waals surface area contributed by atoms with Crippen LogP contribution < -0.4 is 9.64 Å². The summed E-state index contributed by atoms with van der Waals surface area (Å²) in [5.74, 6) is -0.851. The zero-order chi connectivity index (χ0) is 20.1. The first-order chi connectivity index (χ1) is 13.5. The molecule has 6 heteroatoms. The smallest absolute Gasteiger partial charge is 0.311 e. The summed E-state index contributed by atoms with van der Waals surface area (Å²) in [6.45, 7) is 1.95. The van der Waals surface area contributed by atoms with Crippen molar-refractivity contribution in [2.75, 3.05) is 25.2 Å². The molecule has 3 rings (SSSR count). The number of esters is 1. The molecule has 146 valence electrons. The number of carbonyl (C=O) groups excluding carboxylic acids is 3. The molecule has 1 atom stereocenters. The largest absolute Gasteiger partial charge is 0.497 e. The first kappa shape index (κ1) is 19.6. The lowest BCUT2D eigenvalue weighted by Crippen LogP contribution is -2.28. The van der Waals surface area contributed by atoms with Crippen molar-refractivity contribution in [2.24, 2.45) is 5.92 Å². The van der Waals surface area contributed by atoms with E-state index in [0.29, 0.717) is 11.3 Å². The van der Waals surface area contributed by atoms with Crippen molar-refractivity contribution in [2.45, 2.75) is 19.8 Å². The number of Topliss-reactive ketones (excluding diaryl/α,β-unsaturated/α-hetero) is 1. The standard InChI is InChI=1S/C22H23NO5/c1-3-15-6-4-5-7-19(15)23-13-17(12-21(23)25)22(26)28-14-20(24)16-8-10-18(27-2)11-9-16/h4-11,17H,3,12-14H2,1-2H3/t17-/m0/s1. The van der Waals surface area contributed by atoms with E-state index in [4.69, 9.17) is 9.47 Å². The molecule has 2 aromatic rings. The van der Waals surface area contributed by atoms with Gasteiger partial charge >= 0.3 is 5.97 Å². The van der Waals surface area contributed by atoms with Crippen molar-refractivity contribution >= 4 is 23.3 Å². The Bertz CT molecular complexity index is 875. The number of hydrogen-bond acceptors (Lipinski definition) is 5. The van der Waals surface area contributed by atoms with E-state index in [-0.39, 0.29) is 31.3 Å². The average Bonchev–Trinajstić information content (AvgIpc) is 3.13. The molecule has 28 heavy (non-hydrogen) atoms. The third-order valence-corrected chi connectivity index (χ3v) is 4.88. The van der Waals surface area contributed by atoms with Crippen LogP contribution in [0.4, 0.5) is 5.69 Å². The fraction of sp³-hybridized carbons (Fsp3) is 0.318. The summed E-state index contributed by atoms with van der Waals surface area (Å²) in [6.07, 6.45) is 0.888. The Hall–Kier alpha value is -3.15. The van der Waals surface area contributed by atoms with Crippen LogP contribution in [0.1, 0.15) is 29.3 Å². The lowest BCUT2D eigenvalue weighted by atomic mass is 10.1. The summed E-state index contributed by atoms with van der Waals surface area (Å²) in [5.41, 5.74) is 2.33. The molecule has 0 bridgehead atoms. The molecule has 1 aliphatic rings. The number of amides is 1. The summed E-state index contributed by atoms with van der Waals surface area (Å²) in [6, 6.07) is 14.3. The van der Waals surface area contributed by atoms with Crippen LogP contribution in [-0.2, 0) is 20.7 Å². The number of methoxy groups -OCH3 is 1. The Labute approximate surface area is 164 Å². The maximum Gasteiger partial charge on any atom is 0.311 e. The monoisotopic (exact) mass is 381 g/mol. The molecule has 0 aliphatic carbocycles. The van der Waals surface area contributed by atoms with Gasteiger partial charge in [0.2, 0.25) is 5.91 Å². The SMILES string of the molecule is CCc1ccccc1N1C[C@@H](C(=O)OCC(=O)c2ccc(OC)cc2)CC1=O. The Kier molecular flexibility index (Phi) is 6.09. The molecule has 0 aromatic heterocycles. The fourth-order valence-electron chi connectivity index (χ4n) is 3.29. The average molecular weight is 381 g/mol. The molecule has 0 saturated carbocycles. The molecular formula is C22H23NO5. The number of para-hydroxylation sites is 1. The van der Waals surface area contributed by atoms with Crippen molar-refractivity contribution in [1.82, 2.24) is 0 Å². The van der Waals surface area contributed by atoms with Gasteiger partial charge in [-0.25, -0.2) is 0 Å². The fourth-order valence-corrected chi connectivity index (χ4v) is 3.29. The lowest BCUT2D eigenvalue weighted by molar-refractivity contribution is -0.147. The van der Waals surface area contributed by atoms with Crippen molar-refractivity contribution in [3.8, 4) is 5.75 Å². The molecule has 1 fully saturated rings. The van der Waals surface area contributed by atoms with E-state index >= 15 is 0 Å². The van der Waals surface area contributed by atoms with E-state index < -0.39 is 11.9 Å². The number of benzene rings is 2.